The number of hydrogen-bond acceptors (Lipinski definition) is 3. The van der Waals surface area contributed by atoms with Gasteiger partial charge in [0.2, 0.25) is 0 Å². The maximum Gasteiger partial charge on any atom is 0.435 e. The molecule has 1 fully saturated rings. The Morgan fingerprint density at radius 1 is 1.12 bits per heavy atom. The van der Waals surface area contributed by atoms with Crippen LogP contribution in [0.5, 0.6) is 0 Å². The van der Waals surface area contributed by atoms with Crippen molar-refractivity contribution in [3.05, 3.63) is 59.2 Å². The molecule has 1 amide bonds. The summed E-state index contributed by atoms with van der Waals surface area (Å²) >= 11 is 0. The third-order valence-electron chi connectivity index (χ3n) is 4.13. The Morgan fingerprint density at radius 3 is 2.44 bits per heavy atom. The molecule has 2 aromatic rings. The van der Waals surface area contributed by atoms with Gasteiger partial charge in [-0.15, -0.1) is 0 Å². The van der Waals surface area contributed by atoms with Crippen molar-refractivity contribution in [1.29, 1.82) is 0 Å². The Morgan fingerprint density at radius 2 is 1.84 bits per heavy atom. The Hall–Kier alpha value is -2.58. The molecule has 0 bridgehead atoms. The molecule has 132 valence electrons. The van der Waals surface area contributed by atoms with E-state index in [0.29, 0.717) is 12.8 Å². The topological polar surface area (TPSA) is 54.9 Å². The van der Waals surface area contributed by atoms with Crippen molar-refractivity contribution in [2.75, 3.05) is 0 Å². The summed E-state index contributed by atoms with van der Waals surface area (Å²) < 4.78 is 65.6. The molecule has 0 saturated heterocycles. The number of carbonyl (C=O) groups is 1. The highest BCUT2D eigenvalue weighted by atomic mass is 19.4. The molecule has 1 aliphatic carbocycles. The summed E-state index contributed by atoms with van der Waals surface area (Å²) in [7, 11) is 0. The molecule has 1 heterocycles. The third-order valence-corrected chi connectivity index (χ3v) is 4.13. The quantitative estimate of drug-likeness (QED) is 0.856. The SMILES string of the molecule is O=C(N[C@@H]1CC[C@@H]1c1ccc(F)cc1F)c1nccnc1C(F)(F)F. The molecule has 1 N–H and O–H groups in total. The van der Waals surface area contributed by atoms with E-state index in [1.54, 1.807) is 0 Å². The fraction of sp³-hybridized carbons (Fsp3) is 0.312. The summed E-state index contributed by atoms with van der Waals surface area (Å²) in [6.07, 6.45) is -1.99. The van der Waals surface area contributed by atoms with Gasteiger partial charge in [-0.3, -0.25) is 4.79 Å². The van der Waals surface area contributed by atoms with Gasteiger partial charge in [0, 0.05) is 30.4 Å². The molecule has 2 atom stereocenters. The van der Waals surface area contributed by atoms with Crippen LogP contribution in [0.2, 0.25) is 0 Å². The van der Waals surface area contributed by atoms with Gasteiger partial charge >= 0.3 is 6.18 Å². The minimum absolute atomic E-state index is 0.216. The fourth-order valence-corrected chi connectivity index (χ4v) is 2.80. The predicted octanol–water partition coefficient (Wildman–Crippen LogP) is 3.45. The van der Waals surface area contributed by atoms with Crippen molar-refractivity contribution in [3.8, 4) is 0 Å². The van der Waals surface area contributed by atoms with E-state index in [1.165, 1.54) is 6.07 Å². The van der Waals surface area contributed by atoms with Crippen LogP contribution in [0.1, 0.15) is 40.5 Å². The minimum atomic E-state index is -4.82. The van der Waals surface area contributed by atoms with Crippen LogP contribution in [0.3, 0.4) is 0 Å². The molecule has 25 heavy (non-hydrogen) atoms. The van der Waals surface area contributed by atoms with Crippen LogP contribution in [-0.4, -0.2) is 21.9 Å². The lowest BCUT2D eigenvalue weighted by Crippen LogP contribution is -2.46. The van der Waals surface area contributed by atoms with E-state index in [4.69, 9.17) is 0 Å². The highest BCUT2D eigenvalue weighted by Crippen LogP contribution is 2.38. The van der Waals surface area contributed by atoms with E-state index in [9.17, 15) is 26.7 Å². The average molecular weight is 357 g/mol. The van der Waals surface area contributed by atoms with E-state index in [1.807, 2.05) is 0 Å². The zero-order valence-corrected chi connectivity index (χ0v) is 12.6. The standard InChI is InChI=1S/C16H12F5N3O/c17-8-1-2-9(11(18)7-8)10-3-4-12(10)24-15(25)13-14(16(19,20)21)23-6-5-22-13/h1-2,5-7,10,12H,3-4H2,(H,24,25)/t10-,12-/m1/s1. The molecule has 9 heteroatoms. The molecule has 0 aliphatic heterocycles. The molecule has 0 spiro atoms. The lowest BCUT2D eigenvalue weighted by Gasteiger charge is -2.37. The van der Waals surface area contributed by atoms with Gasteiger partial charge < -0.3 is 5.32 Å². The fourth-order valence-electron chi connectivity index (χ4n) is 2.80. The number of amides is 1. The molecule has 1 aromatic heterocycles. The van der Waals surface area contributed by atoms with Crippen LogP contribution in [-0.2, 0) is 6.18 Å². The summed E-state index contributed by atoms with van der Waals surface area (Å²) in [5.41, 5.74) is -2.00. The van der Waals surface area contributed by atoms with Gasteiger partial charge in [-0.1, -0.05) is 6.07 Å². The second-order valence-electron chi connectivity index (χ2n) is 5.68. The summed E-state index contributed by atoms with van der Waals surface area (Å²) in [6, 6.07) is 2.55. The lowest BCUT2D eigenvalue weighted by molar-refractivity contribution is -0.141. The smallest absolute Gasteiger partial charge is 0.347 e. The molecule has 1 saturated carbocycles. The van der Waals surface area contributed by atoms with Crippen molar-refractivity contribution in [2.24, 2.45) is 0 Å². The van der Waals surface area contributed by atoms with Gasteiger partial charge in [-0.25, -0.2) is 18.7 Å². The summed E-state index contributed by atoms with van der Waals surface area (Å²) in [5.74, 6) is -2.94. The first kappa shape index (κ1) is 17.2. The van der Waals surface area contributed by atoms with Crippen molar-refractivity contribution in [3.63, 3.8) is 0 Å². The van der Waals surface area contributed by atoms with Crippen LogP contribution in [0, 0.1) is 11.6 Å². The van der Waals surface area contributed by atoms with Crippen molar-refractivity contribution in [1.82, 2.24) is 15.3 Å². The van der Waals surface area contributed by atoms with Gasteiger partial charge in [-0.2, -0.15) is 13.2 Å². The first-order chi connectivity index (χ1) is 11.8. The Labute approximate surface area is 139 Å². The second kappa shape index (κ2) is 6.38. The Bertz CT molecular complexity index is 809. The average Bonchev–Trinajstić information content (AvgIpc) is 2.53. The highest BCUT2D eigenvalue weighted by molar-refractivity contribution is 5.93. The van der Waals surface area contributed by atoms with Crippen molar-refractivity contribution < 1.29 is 26.7 Å². The minimum Gasteiger partial charge on any atom is -0.347 e. The number of carbonyl (C=O) groups excluding carboxylic acids is 1. The molecule has 0 radical (unpaired) electrons. The van der Waals surface area contributed by atoms with Crippen LogP contribution >= 0.6 is 0 Å². The molecule has 4 nitrogen and oxygen atoms in total. The zero-order valence-electron chi connectivity index (χ0n) is 12.6. The van der Waals surface area contributed by atoms with E-state index in [0.717, 1.165) is 24.5 Å². The van der Waals surface area contributed by atoms with Crippen LogP contribution in [0.4, 0.5) is 22.0 Å². The number of aromatic nitrogens is 2. The van der Waals surface area contributed by atoms with Gasteiger partial charge in [0.15, 0.2) is 11.4 Å². The summed E-state index contributed by atoms with van der Waals surface area (Å²) in [4.78, 5) is 18.8. The van der Waals surface area contributed by atoms with Gasteiger partial charge in [0.1, 0.15) is 11.6 Å². The molecule has 0 unspecified atom stereocenters. The van der Waals surface area contributed by atoms with Crippen molar-refractivity contribution in [2.45, 2.75) is 31.0 Å². The predicted molar refractivity (Wildman–Crippen MR) is 76.6 cm³/mol. The molecular formula is C16H12F5N3O. The number of benzene rings is 1. The van der Waals surface area contributed by atoms with E-state index >= 15 is 0 Å². The number of hydrogen-bond donors (Lipinski definition) is 1. The molecule has 1 aliphatic rings. The maximum absolute atomic E-state index is 13.9. The maximum atomic E-state index is 13.9. The number of nitrogens with one attached hydrogen (secondary N) is 1. The van der Waals surface area contributed by atoms with E-state index in [2.05, 4.69) is 15.3 Å². The normalized spacial score (nSPS) is 20.0. The van der Waals surface area contributed by atoms with Crippen LogP contribution in [0.25, 0.3) is 0 Å². The number of rotatable bonds is 3. The first-order valence-electron chi connectivity index (χ1n) is 7.41. The number of alkyl halides is 3. The molecule has 3 rings (SSSR count). The van der Waals surface area contributed by atoms with Gasteiger partial charge in [-0.05, 0) is 24.5 Å². The number of halogens is 5. The third kappa shape index (κ3) is 3.45. The Kier molecular flexibility index (Phi) is 4.40. The monoisotopic (exact) mass is 357 g/mol. The second-order valence-corrected chi connectivity index (χ2v) is 5.68. The summed E-state index contributed by atoms with van der Waals surface area (Å²) in [6.45, 7) is 0. The van der Waals surface area contributed by atoms with Crippen LogP contribution in [0.15, 0.2) is 30.6 Å². The Balaban J connectivity index is 1.78. The molecular weight excluding hydrogens is 345 g/mol. The zero-order chi connectivity index (χ0) is 18.2. The van der Waals surface area contributed by atoms with E-state index < -0.39 is 47.1 Å². The number of nitrogens with zero attached hydrogens (tertiary/aromatic N) is 2. The largest absolute Gasteiger partial charge is 0.435 e. The first-order valence-corrected chi connectivity index (χ1v) is 7.41. The van der Waals surface area contributed by atoms with Gasteiger partial charge in [0.25, 0.3) is 5.91 Å². The van der Waals surface area contributed by atoms with Crippen LogP contribution < -0.4 is 5.32 Å². The molecule has 1 aromatic carbocycles. The van der Waals surface area contributed by atoms with E-state index in [-0.39, 0.29) is 5.56 Å². The van der Waals surface area contributed by atoms with Crippen molar-refractivity contribution >= 4 is 5.91 Å². The van der Waals surface area contributed by atoms with Gasteiger partial charge in [0.05, 0.1) is 0 Å². The highest BCUT2D eigenvalue weighted by Gasteiger charge is 2.40. The summed E-state index contributed by atoms with van der Waals surface area (Å²) in [5, 5.41) is 2.43. The lowest BCUT2D eigenvalue weighted by atomic mass is 9.74.